The highest BCUT2D eigenvalue weighted by atomic mass is 32.2. The summed E-state index contributed by atoms with van der Waals surface area (Å²) in [7, 11) is 1.19. The molecule has 1 rings (SSSR count). The van der Waals surface area contributed by atoms with Crippen LogP contribution in [0, 0.1) is 6.92 Å². The summed E-state index contributed by atoms with van der Waals surface area (Å²) in [4.78, 5) is 0.268. The third kappa shape index (κ3) is 5.20. The van der Waals surface area contributed by atoms with Crippen molar-refractivity contribution in [3.8, 4) is 0 Å². The second-order valence-electron chi connectivity index (χ2n) is 4.99. The van der Waals surface area contributed by atoms with Crippen molar-refractivity contribution in [3.63, 3.8) is 0 Å². The van der Waals surface area contributed by atoms with E-state index in [1.807, 2.05) is 0 Å². The number of ether oxygens (including phenoxy) is 1. The number of rotatable bonds is 7. The standard InChI is InChI=1S/C14H23N3O3S2/c1-11-6-7-12(10-13(11)22(18,19)17(2)3)16-14(21)15-8-5-9-20-4/h6-7,10H,5,8-9H2,1-4H3,(H2,15,16,21). The Morgan fingerprint density at radius 2 is 2.05 bits per heavy atom. The highest BCUT2D eigenvalue weighted by Gasteiger charge is 2.20. The fourth-order valence-electron chi connectivity index (χ4n) is 1.75. The van der Waals surface area contributed by atoms with Crippen molar-refractivity contribution in [2.75, 3.05) is 39.7 Å². The Labute approximate surface area is 137 Å². The van der Waals surface area contributed by atoms with Crippen molar-refractivity contribution < 1.29 is 13.2 Å². The Balaban J connectivity index is 2.80. The van der Waals surface area contributed by atoms with E-state index in [2.05, 4.69) is 10.6 Å². The zero-order valence-corrected chi connectivity index (χ0v) is 15.0. The molecule has 0 aliphatic heterocycles. The molecule has 0 heterocycles. The molecule has 8 heteroatoms. The average molecular weight is 345 g/mol. The molecule has 0 atom stereocenters. The molecule has 0 spiro atoms. The topological polar surface area (TPSA) is 70.7 Å². The van der Waals surface area contributed by atoms with E-state index in [0.29, 0.717) is 29.5 Å². The predicted molar refractivity (Wildman–Crippen MR) is 92.8 cm³/mol. The molecule has 0 saturated heterocycles. The molecule has 1 aromatic rings. The Hall–Kier alpha value is -1.22. The van der Waals surface area contributed by atoms with Gasteiger partial charge < -0.3 is 15.4 Å². The maximum atomic E-state index is 12.3. The van der Waals surface area contributed by atoms with Gasteiger partial charge in [-0.2, -0.15) is 0 Å². The van der Waals surface area contributed by atoms with Gasteiger partial charge in [0, 0.05) is 40.0 Å². The number of hydrogen-bond acceptors (Lipinski definition) is 4. The molecule has 124 valence electrons. The van der Waals surface area contributed by atoms with Gasteiger partial charge in [0.15, 0.2) is 5.11 Å². The van der Waals surface area contributed by atoms with E-state index in [4.69, 9.17) is 17.0 Å². The highest BCUT2D eigenvalue weighted by molar-refractivity contribution is 7.89. The lowest BCUT2D eigenvalue weighted by Crippen LogP contribution is -2.30. The lowest BCUT2D eigenvalue weighted by Gasteiger charge is -2.16. The van der Waals surface area contributed by atoms with Crippen LogP contribution in [-0.2, 0) is 14.8 Å². The number of methoxy groups -OCH3 is 1. The molecule has 0 amide bonds. The molecule has 0 radical (unpaired) electrons. The molecule has 0 aromatic heterocycles. The lowest BCUT2D eigenvalue weighted by molar-refractivity contribution is 0.196. The SMILES string of the molecule is COCCCNC(=S)Nc1ccc(C)c(S(=O)(=O)N(C)C)c1. The molecule has 0 aliphatic carbocycles. The monoisotopic (exact) mass is 345 g/mol. The zero-order chi connectivity index (χ0) is 16.8. The number of thiocarbonyl (C=S) groups is 1. The fourth-order valence-corrected chi connectivity index (χ4v) is 3.11. The number of sulfonamides is 1. The number of anilines is 1. The minimum Gasteiger partial charge on any atom is -0.385 e. The van der Waals surface area contributed by atoms with Gasteiger partial charge >= 0.3 is 0 Å². The van der Waals surface area contributed by atoms with Crippen molar-refractivity contribution in [2.45, 2.75) is 18.2 Å². The molecule has 1 aromatic carbocycles. The molecule has 0 fully saturated rings. The smallest absolute Gasteiger partial charge is 0.242 e. The average Bonchev–Trinajstić information content (AvgIpc) is 2.45. The maximum Gasteiger partial charge on any atom is 0.242 e. The van der Waals surface area contributed by atoms with Crippen molar-refractivity contribution in [1.29, 1.82) is 0 Å². The normalized spacial score (nSPS) is 11.5. The molecule has 2 N–H and O–H groups in total. The zero-order valence-electron chi connectivity index (χ0n) is 13.3. The molecule has 6 nitrogen and oxygen atoms in total. The summed E-state index contributed by atoms with van der Waals surface area (Å²) in [5.74, 6) is 0. The van der Waals surface area contributed by atoms with Crippen LogP contribution >= 0.6 is 12.2 Å². The first-order valence-corrected chi connectivity index (χ1v) is 8.71. The Morgan fingerprint density at radius 1 is 1.36 bits per heavy atom. The van der Waals surface area contributed by atoms with E-state index in [1.54, 1.807) is 32.2 Å². The van der Waals surface area contributed by atoms with Crippen molar-refractivity contribution in [2.24, 2.45) is 0 Å². The van der Waals surface area contributed by atoms with Crippen LogP contribution in [0.2, 0.25) is 0 Å². The number of hydrogen-bond donors (Lipinski definition) is 2. The van der Waals surface area contributed by atoms with E-state index < -0.39 is 10.0 Å². The first kappa shape index (κ1) is 18.8. The van der Waals surface area contributed by atoms with Gasteiger partial charge in [0.05, 0.1) is 4.90 Å². The van der Waals surface area contributed by atoms with Crippen molar-refractivity contribution >= 4 is 33.0 Å². The number of nitrogens with zero attached hydrogens (tertiary/aromatic N) is 1. The fraction of sp³-hybridized carbons (Fsp3) is 0.500. The van der Waals surface area contributed by atoms with E-state index in [9.17, 15) is 8.42 Å². The van der Waals surface area contributed by atoms with Gasteiger partial charge in [-0.05, 0) is 43.3 Å². The van der Waals surface area contributed by atoms with Gasteiger partial charge in [-0.25, -0.2) is 12.7 Å². The third-order valence-corrected chi connectivity index (χ3v) is 5.22. The van der Waals surface area contributed by atoms with Crippen LogP contribution in [-0.4, -0.2) is 52.2 Å². The van der Waals surface area contributed by atoms with E-state index >= 15 is 0 Å². The first-order valence-electron chi connectivity index (χ1n) is 6.86. The second-order valence-corrected chi connectivity index (χ2v) is 7.52. The van der Waals surface area contributed by atoms with Crippen LogP contribution in [0.3, 0.4) is 0 Å². The molecule has 0 bridgehead atoms. The second kappa shape index (κ2) is 8.42. The maximum absolute atomic E-state index is 12.3. The number of benzene rings is 1. The summed E-state index contributed by atoms with van der Waals surface area (Å²) in [5, 5.41) is 6.49. The van der Waals surface area contributed by atoms with Gasteiger partial charge in [0.2, 0.25) is 10.0 Å². The Morgan fingerprint density at radius 3 is 2.64 bits per heavy atom. The molecular weight excluding hydrogens is 322 g/mol. The van der Waals surface area contributed by atoms with Crippen molar-refractivity contribution in [1.82, 2.24) is 9.62 Å². The van der Waals surface area contributed by atoms with E-state index in [0.717, 1.165) is 6.42 Å². The van der Waals surface area contributed by atoms with Gasteiger partial charge in [0.25, 0.3) is 0 Å². The van der Waals surface area contributed by atoms with Gasteiger partial charge in [-0.15, -0.1) is 0 Å². The Bertz CT molecular complexity index is 616. The van der Waals surface area contributed by atoms with Crippen LogP contribution < -0.4 is 10.6 Å². The van der Waals surface area contributed by atoms with Gasteiger partial charge in [0.1, 0.15) is 0 Å². The summed E-state index contributed by atoms with van der Waals surface area (Å²) in [6.45, 7) is 3.11. The van der Waals surface area contributed by atoms with E-state index in [-0.39, 0.29) is 4.90 Å². The number of aryl methyl sites for hydroxylation is 1. The summed E-state index contributed by atoms with van der Waals surface area (Å²) < 4.78 is 30.7. The van der Waals surface area contributed by atoms with Gasteiger partial charge in [-0.3, -0.25) is 0 Å². The summed E-state index contributed by atoms with van der Waals surface area (Å²) >= 11 is 5.18. The van der Waals surface area contributed by atoms with Crippen molar-refractivity contribution in [3.05, 3.63) is 23.8 Å². The molecule has 22 heavy (non-hydrogen) atoms. The highest BCUT2D eigenvalue weighted by Crippen LogP contribution is 2.22. The summed E-state index contributed by atoms with van der Waals surface area (Å²) in [6.07, 6.45) is 0.840. The molecule has 0 aliphatic rings. The van der Waals surface area contributed by atoms with E-state index in [1.165, 1.54) is 18.4 Å². The summed E-state index contributed by atoms with van der Waals surface area (Å²) in [6, 6.07) is 5.15. The Kier molecular flexibility index (Phi) is 7.21. The summed E-state index contributed by atoms with van der Waals surface area (Å²) in [5.41, 5.74) is 1.33. The predicted octanol–water partition coefficient (Wildman–Crippen LogP) is 1.57. The van der Waals surface area contributed by atoms with Crippen LogP contribution in [0.1, 0.15) is 12.0 Å². The number of nitrogens with one attached hydrogen (secondary N) is 2. The van der Waals surface area contributed by atoms with Crippen LogP contribution in [0.15, 0.2) is 23.1 Å². The minimum absolute atomic E-state index is 0.268. The molecular formula is C14H23N3O3S2. The minimum atomic E-state index is -3.48. The van der Waals surface area contributed by atoms with Crippen LogP contribution in [0.4, 0.5) is 5.69 Å². The quantitative estimate of drug-likeness (QED) is 0.577. The van der Waals surface area contributed by atoms with Gasteiger partial charge in [-0.1, -0.05) is 6.07 Å². The first-order chi connectivity index (χ1) is 10.3. The lowest BCUT2D eigenvalue weighted by atomic mass is 10.2. The third-order valence-electron chi connectivity index (χ3n) is 3.02. The van der Waals surface area contributed by atoms with Crippen LogP contribution in [0.5, 0.6) is 0 Å². The molecule has 0 saturated carbocycles. The molecule has 0 unspecified atom stereocenters. The largest absolute Gasteiger partial charge is 0.385 e. The van der Waals surface area contributed by atoms with Crippen LogP contribution in [0.25, 0.3) is 0 Å².